The third-order valence-electron chi connectivity index (χ3n) is 1.62. The molecule has 0 aromatic heterocycles. The van der Waals surface area contributed by atoms with Crippen LogP contribution in [0.5, 0.6) is 0 Å². The van der Waals surface area contributed by atoms with Gasteiger partial charge in [-0.05, 0) is 18.9 Å². The number of amidine groups is 1. The first-order valence-electron chi connectivity index (χ1n) is 4.84. The highest BCUT2D eigenvalue weighted by molar-refractivity contribution is 5.93. The normalized spacial score (nSPS) is 13.1. The molecule has 0 radical (unpaired) electrons. The fraction of sp³-hybridized carbons (Fsp3) is 0.417. The SMILES string of the molecule is C=C/C(=N/C)N(/C=C\C)/C=C/C(C)C. The van der Waals surface area contributed by atoms with Crippen molar-refractivity contribution in [3.63, 3.8) is 0 Å². The van der Waals surface area contributed by atoms with Crippen molar-refractivity contribution in [1.82, 2.24) is 4.90 Å². The Morgan fingerprint density at radius 3 is 2.36 bits per heavy atom. The van der Waals surface area contributed by atoms with E-state index in [0.29, 0.717) is 5.92 Å². The average molecular weight is 192 g/mol. The fourth-order valence-electron chi connectivity index (χ4n) is 0.940. The molecule has 2 nitrogen and oxygen atoms in total. The van der Waals surface area contributed by atoms with Gasteiger partial charge in [-0.3, -0.25) is 4.99 Å². The van der Waals surface area contributed by atoms with Crippen molar-refractivity contribution in [1.29, 1.82) is 0 Å². The summed E-state index contributed by atoms with van der Waals surface area (Å²) < 4.78 is 0. The van der Waals surface area contributed by atoms with Gasteiger partial charge in [0.1, 0.15) is 5.84 Å². The zero-order valence-electron chi connectivity index (χ0n) is 9.57. The van der Waals surface area contributed by atoms with Crippen LogP contribution in [0, 0.1) is 5.92 Å². The molecule has 0 N–H and O–H groups in total. The standard InChI is InChI=1S/C12H20N2/c1-6-9-14(10-8-11(3)4)12(7-2)13-5/h6-11H,2H2,1,3-5H3/b9-6-,10-8+,13-12-. The van der Waals surface area contributed by atoms with Gasteiger partial charge in [0.05, 0.1) is 0 Å². The van der Waals surface area contributed by atoms with Crippen molar-refractivity contribution >= 4 is 5.84 Å². The van der Waals surface area contributed by atoms with Crippen molar-refractivity contribution < 1.29 is 0 Å². The second kappa shape index (κ2) is 7.13. The quantitative estimate of drug-likeness (QED) is 0.493. The minimum absolute atomic E-state index is 0.533. The van der Waals surface area contributed by atoms with Crippen LogP contribution in [0.15, 0.2) is 42.2 Å². The molecule has 0 amide bonds. The Balaban J connectivity index is 4.67. The molecular weight excluding hydrogens is 172 g/mol. The Hall–Kier alpha value is -1.31. The van der Waals surface area contributed by atoms with Crippen LogP contribution in [-0.2, 0) is 0 Å². The molecule has 0 spiro atoms. The third kappa shape index (κ3) is 4.65. The summed E-state index contributed by atoms with van der Waals surface area (Å²) in [5.41, 5.74) is 0. The minimum atomic E-state index is 0.533. The fourth-order valence-corrected chi connectivity index (χ4v) is 0.940. The van der Waals surface area contributed by atoms with Gasteiger partial charge >= 0.3 is 0 Å². The number of aliphatic imine (C=N–C) groups is 1. The lowest BCUT2D eigenvalue weighted by atomic mass is 10.2. The van der Waals surface area contributed by atoms with E-state index in [1.807, 2.05) is 30.3 Å². The molecular formula is C12H20N2. The Labute approximate surface area is 87.3 Å². The van der Waals surface area contributed by atoms with Gasteiger partial charge in [-0.15, -0.1) is 0 Å². The van der Waals surface area contributed by atoms with Crippen molar-refractivity contribution in [2.75, 3.05) is 7.05 Å². The average Bonchev–Trinajstić information content (AvgIpc) is 2.15. The van der Waals surface area contributed by atoms with Crippen LogP contribution in [0.1, 0.15) is 20.8 Å². The van der Waals surface area contributed by atoms with Crippen LogP contribution in [0.3, 0.4) is 0 Å². The molecule has 0 atom stereocenters. The van der Waals surface area contributed by atoms with E-state index < -0.39 is 0 Å². The maximum absolute atomic E-state index is 4.13. The van der Waals surface area contributed by atoms with Crippen LogP contribution in [0.25, 0.3) is 0 Å². The van der Waals surface area contributed by atoms with E-state index in [1.165, 1.54) is 0 Å². The van der Waals surface area contributed by atoms with Crippen molar-refractivity contribution in [2.24, 2.45) is 10.9 Å². The van der Waals surface area contributed by atoms with E-state index in [4.69, 9.17) is 0 Å². The summed E-state index contributed by atoms with van der Waals surface area (Å²) in [5.74, 6) is 1.38. The highest BCUT2D eigenvalue weighted by Gasteiger charge is 1.98. The van der Waals surface area contributed by atoms with Crippen molar-refractivity contribution in [3.05, 3.63) is 37.2 Å². The molecule has 0 aliphatic rings. The second-order valence-corrected chi connectivity index (χ2v) is 3.26. The molecule has 0 heterocycles. The van der Waals surface area contributed by atoms with E-state index in [0.717, 1.165) is 5.84 Å². The summed E-state index contributed by atoms with van der Waals surface area (Å²) in [4.78, 5) is 6.08. The first kappa shape index (κ1) is 12.7. The van der Waals surface area contributed by atoms with Gasteiger partial charge in [-0.1, -0.05) is 32.6 Å². The predicted molar refractivity (Wildman–Crippen MR) is 64.2 cm³/mol. The summed E-state index contributed by atoms with van der Waals surface area (Å²) in [6.45, 7) is 9.98. The molecule has 0 aromatic rings. The van der Waals surface area contributed by atoms with E-state index in [9.17, 15) is 0 Å². The molecule has 0 aromatic carbocycles. The Morgan fingerprint density at radius 2 is 2.00 bits per heavy atom. The smallest absolute Gasteiger partial charge is 0.130 e. The highest BCUT2D eigenvalue weighted by Crippen LogP contribution is 2.01. The summed E-state index contributed by atoms with van der Waals surface area (Å²) in [7, 11) is 1.76. The molecule has 0 fully saturated rings. The third-order valence-corrected chi connectivity index (χ3v) is 1.62. The first-order chi connectivity index (χ1) is 6.65. The maximum Gasteiger partial charge on any atom is 0.130 e. The number of rotatable bonds is 4. The Morgan fingerprint density at radius 1 is 1.36 bits per heavy atom. The first-order valence-corrected chi connectivity index (χ1v) is 4.84. The van der Waals surface area contributed by atoms with E-state index >= 15 is 0 Å². The number of allylic oxidation sites excluding steroid dienone is 2. The molecule has 14 heavy (non-hydrogen) atoms. The zero-order valence-corrected chi connectivity index (χ0v) is 9.57. The van der Waals surface area contributed by atoms with Crippen LogP contribution >= 0.6 is 0 Å². The van der Waals surface area contributed by atoms with Crippen molar-refractivity contribution in [2.45, 2.75) is 20.8 Å². The minimum Gasteiger partial charge on any atom is -0.310 e. The number of nitrogens with zero attached hydrogens (tertiary/aromatic N) is 2. The summed E-state index contributed by atoms with van der Waals surface area (Å²) in [6, 6.07) is 0. The number of hydrogen-bond donors (Lipinski definition) is 0. The van der Waals surface area contributed by atoms with Gasteiger partial charge in [0.15, 0.2) is 0 Å². The molecule has 2 heteroatoms. The molecule has 78 valence electrons. The molecule has 0 aliphatic heterocycles. The van der Waals surface area contributed by atoms with E-state index in [1.54, 1.807) is 13.1 Å². The molecule has 0 rings (SSSR count). The van der Waals surface area contributed by atoms with E-state index in [2.05, 4.69) is 31.5 Å². The summed E-state index contributed by atoms with van der Waals surface area (Å²) in [6.07, 6.45) is 9.80. The summed E-state index contributed by atoms with van der Waals surface area (Å²) in [5, 5.41) is 0. The molecule has 0 saturated heterocycles. The Bertz CT molecular complexity index is 247. The van der Waals surface area contributed by atoms with Gasteiger partial charge in [-0.25, -0.2) is 0 Å². The molecule has 0 unspecified atom stereocenters. The van der Waals surface area contributed by atoms with Crippen molar-refractivity contribution in [3.8, 4) is 0 Å². The monoisotopic (exact) mass is 192 g/mol. The summed E-state index contributed by atoms with van der Waals surface area (Å²) >= 11 is 0. The van der Waals surface area contributed by atoms with Crippen LogP contribution in [-0.4, -0.2) is 17.8 Å². The van der Waals surface area contributed by atoms with Gasteiger partial charge in [0.2, 0.25) is 0 Å². The lowest BCUT2D eigenvalue weighted by Crippen LogP contribution is -2.17. The Kier molecular flexibility index (Phi) is 6.46. The van der Waals surface area contributed by atoms with Gasteiger partial charge < -0.3 is 4.90 Å². The van der Waals surface area contributed by atoms with Crippen LogP contribution < -0.4 is 0 Å². The highest BCUT2D eigenvalue weighted by atomic mass is 15.1. The lowest BCUT2D eigenvalue weighted by Gasteiger charge is -2.15. The number of hydrogen-bond acceptors (Lipinski definition) is 1. The van der Waals surface area contributed by atoms with E-state index in [-0.39, 0.29) is 0 Å². The largest absolute Gasteiger partial charge is 0.310 e. The van der Waals surface area contributed by atoms with Crippen LogP contribution in [0.2, 0.25) is 0 Å². The van der Waals surface area contributed by atoms with Crippen LogP contribution in [0.4, 0.5) is 0 Å². The maximum atomic E-state index is 4.13. The second-order valence-electron chi connectivity index (χ2n) is 3.26. The predicted octanol–water partition coefficient (Wildman–Crippen LogP) is 3.21. The molecule has 0 aliphatic carbocycles. The zero-order chi connectivity index (χ0) is 11.0. The topological polar surface area (TPSA) is 15.6 Å². The van der Waals surface area contributed by atoms with Gasteiger partial charge in [0.25, 0.3) is 0 Å². The molecule has 0 saturated carbocycles. The molecule has 0 bridgehead atoms. The van der Waals surface area contributed by atoms with Gasteiger partial charge in [-0.2, -0.15) is 0 Å². The van der Waals surface area contributed by atoms with Gasteiger partial charge in [0, 0.05) is 19.4 Å². The lowest BCUT2D eigenvalue weighted by molar-refractivity contribution is 0.729.